The van der Waals surface area contributed by atoms with Gasteiger partial charge >= 0.3 is 6.01 Å². The van der Waals surface area contributed by atoms with Crippen molar-refractivity contribution in [3.8, 4) is 17.5 Å². The van der Waals surface area contributed by atoms with Gasteiger partial charge in [-0.3, -0.25) is 4.72 Å². The van der Waals surface area contributed by atoms with Crippen molar-refractivity contribution in [3.05, 3.63) is 65.7 Å². The second-order valence-corrected chi connectivity index (χ2v) is 7.78. The van der Waals surface area contributed by atoms with Crippen LogP contribution in [-0.4, -0.2) is 25.0 Å². The van der Waals surface area contributed by atoms with E-state index in [-0.39, 0.29) is 28.9 Å². The number of aromatic nitrogens is 2. The molecular formula is C20H20FN3O4S. The Bertz CT molecular complexity index is 1100. The van der Waals surface area contributed by atoms with Crippen LogP contribution in [0.3, 0.4) is 0 Å². The molecule has 0 radical (unpaired) electrons. The zero-order chi connectivity index (χ0) is 21.0. The van der Waals surface area contributed by atoms with Crippen molar-refractivity contribution in [2.45, 2.75) is 25.7 Å². The van der Waals surface area contributed by atoms with Crippen molar-refractivity contribution >= 4 is 15.7 Å². The van der Waals surface area contributed by atoms with Gasteiger partial charge in [0.05, 0.1) is 28.6 Å². The maximum absolute atomic E-state index is 14.1. The number of para-hydroxylation sites is 1. The minimum atomic E-state index is -4.05. The van der Waals surface area contributed by atoms with Crippen LogP contribution in [0.4, 0.5) is 10.1 Å². The first-order valence-electron chi connectivity index (χ1n) is 8.83. The molecule has 1 aromatic heterocycles. The molecule has 0 spiro atoms. The van der Waals surface area contributed by atoms with E-state index in [0.29, 0.717) is 17.1 Å². The molecule has 152 valence electrons. The average Bonchev–Trinajstić information content (AvgIpc) is 2.67. The van der Waals surface area contributed by atoms with Crippen LogP contribution < -0.4 is 14.2 Å². The Balaban J connectivity index is 1.86. The molecule has 29 heavy (non-hydrogen) atoms. The highest BCUT2D eigenvalue weighted by molar-refractivity contribution is 7.92. The van der Waals surface area contributed by atoms with Gasteiger partial charge in [0.25, 0.3) is 10.0 Å². The topological polar surface area (TPSA) is 90.4 Å². The monoisotopic (exact) mass is 417 g/mol. The van der Waals surface area contributed by atoms with Gasteiger partial charge in [-0.15, -0.1) is 0 Å². The van der Waals surface area contributed by atoms with Crippen molar-refractivity contribution in [3.63, 3.8) is 0 Å². The molecule has 9 heteroatoms. The molecule has 0 atom stereocenters. The lowest BCUT2D eigenvalue weighted by Gasteiger charge is -2.14. The summed E-state index contributed by atoms with van der Waals surface area (Å²) in [5.74, 6) is -0.208. The van der Waals surface area contributed by atoms with E-state index < -0.39 is 15.8 Å². The molecule has 0 bridgehead atoms. The standard InChI is InChI=1S/C20H20FN3O4S/c1-4-27-18-11-10-16(12-17(18)21)29(25,26)24-19-13(2)22-20(23-14(19)3)28-15-8-6-5-7-9-15/h5-12,24H,4H2,1-3H3. The Labute approximate surface area is 168 Å². The highest BCUT2D eigenvalue weighted by Crippen LogP contribution is 2.27. The van der Waals surface area contributed by atoms with Gasteiger partial charge in [-0.2, -0.15) is 9.97 Å². The predicted molar refractivity (Wildman–Crippen MR) is 106 cm³/mol. The van der Waals surface area contributed by atoms with Crippen molar-refractivity contribution in [1.29, 1.82) is 0 Å². The van der Waals surface area contributed by atoms with Crippen molar-refractivity contribution < 1.29 is 22.3 Å². The van der Waals surface area contributed by atoms with Crippen molar-refractivity contribution in [1.82, 2.24) is 9.97 Å². The fourth-order valence-corrected chi connectivity index (χ4v) is 3.78. The first kappa shape index (κ1) is 20.5. The van der Waals surface area contributed by atoms with Gasteiger partial charge in [-0.05, 0) is 51.1 Å². The number of nitrogens with zero attached hydrogens (tertiary/aromatic N) is 2. The van der Waals surface area contributed by atoms with Crippen LogP contribution >= 0.6 is 0 Å². The van der Waals surface area contributed by atoms with Gasteiger partial charge in [-0.1, -0.05) is 18.2 Å². The molecule has 1 heterocycles. The number of aryl methyl sites for hydroxylation is 2. The van der Waals surface area contributed by atoms with Crippen LogP contribution in [-0.2, 0) is 10.0 Å². The summed E-state index contributed by atoms with van der Waals surface area (Å²) in [5, 5.41) is 0. The summed E-state index contributed by atoms with van der Waals surface area (Å²) in [6.07, 6.45) is 0. The Morgan fingerprint density at radius 2 is 1.69 bits per heavy atom. The number of hydrogen-bond acceptors (Lipinski definition) is 6. The molecule has 0 fully saturated rings. The number of hydrogen-bond donors (Lipinski definition) is 1. The van der Waals surface area contributed by atoms with E-state index in [1.807, 2.05) is 18.2 Å². The normalized spacial score (nSPS) is 11.2. The summed E-state index contributed by atoms with van der Waals surface area (Å²) >= 11 is 0. The van der Waals surface area contributed by atoms with Crippen LogP contribution in [0.1, 0.15) is 18.3 Å². The second-order valence-electron chi connectivity index (χ2n) is 6.10. The highest BCUT2D eigenvalue weighted by Gasteiger charge is 2.20. The molecule has 0 saturated carbocycles. The lowest BCUT2D eigenvalue weighted by Crippen LogP contribution is -2.16. The summed E-state index contributed by atoms with van der Waals surface area (Å²) < 4.78 is 52.6. The minimum absolute atomic E-state index is 0.00967. The second kappa shape index (κ2) is 8.44. The number of halogens is 1. The van der Waals surface area contributed by atoms with Gasteiger partial charge in [-0.25, -0.2) is 12.8 Å². The number of ether oxygens (including phenoxy) is 2. The molecular weight excluding hydrogens is 397 g/mol. The molecule has 0 aliphatic carbocycles. The third-order valence-electron chi connectivity index (χ3n) is 3.95. The fourth-order valence-electron chi connectivity index (χ4n) is 2.59. The Kier molecular flexibility index (Phi) is 5.97. The fraction of sp³-hybridized carbons (Fsp3) is 0.200. The van der Waals surface area contributed by atoms with E-state index in [0.717, 1.165) is 6.07 Å². The van der Waals surface area contributed by atoms with Crippen LogP contribution in [0.15, 0.2) is 53.4 Å². The zero-order valence-electron chi connectivity index (χ0n) is 16.1. The summed E-state index contributed by atoms with van der Waals surface area (Å²) in [5.41, 5.74) is 0.955. The predicted octanol–water partition coefficient (Wildman–Crippen LogP) is 4.22. The number of anilines is 1. The van der Waals surface area contributed by atoms with Crippen LogP contribution in [0, 0.1) is 19.7 Å². The summed E-state index contributed by atoms with van der Waals surface area (Å²) in [6.45, 7) is 5.24. The summed E-state index contributed by atoms with van der Waals surface area (Å²) in [7, 11) is -4.05. The van der Waals surface area contributed by atoms with Crippen LogP contribution in [0.2, 0.25) is 0 Å². The Hall–Kier alpha value is -3.20. The van der Waals surface area contributed by atoms with E-state index in [4.69, 9.17) is 9.47 Å². The SMILES string of the molecule is CCOc1ccc(S(=O)(=O)Nc2c(C)nc(Oc3ccccc3)nc2C)cc1F. The minimum Gasteiger partial charge on any atom is -0.491 e. The third-order valence-corrected chi connectivity index (χ3v) is 5.30. The molecule has 0 saturated heterocycles. The zero-order valence-corrected chi connectivity index (χ0v) is 17.0. The molecule has 0 aliphatic rings. The molecule has 0 aliphatic heterocycles. The van der Waals surface area contributed by atoms with Gasteiger partial charge in [0.2, 0.25) is 0 Å². The maximum Gasteiger partial charge on any atom is 0.322 e. The Morgan fingerprint density at radius 3 is 2.28 bits per heavy atom. The van der Waals surface area contributed by atoms with Gasteiger partial charge in [0.15, 0.2) is 11.6 Å². The van der Waals surface area contributed by atoms with E-state index in [2.05, 4.69) is 14.7 Å². The smallest absolute Gasteiger partial charge is 0.322 e. The highest BCUT2D eigenvalue weighted by atomic mass is 32.2. The summed E-state index contributed by atoms with van der Waals surface area (Å²) in [6, 6.07) is 12.5. The van der Waals surface area contributed by atoms with Crippen LogP contribution in [0.5, 0.6) is 17.5 Å². The largest absolute Gasteiger partial charge is 0.491 e. The van der Waals surface area contributed by atoms with Gasteiger partial charge in [0, 0.05) is 0 Å². The first-order chi connectivity index (χ1) is 13.8. The molecule has 3 rings (SSSR count). The van der Waals surface area contributed by atoms with E-state index in [9.17, 15) is 12.8 Å². The Morgan fingerprint density at radius 1 is 1.03 bits per heavy atom. The van der Waals surface area contributed by atoms with Gasteiger partial charge < -0.3 is 9.47 Å². The molecule has 3 aromatic rings. The van der Waals surface area contributed by atoms with Crippen molar-refractivity contribution in [2.24, 2.45) is 0 Å². The first-order valence-corrected chi connectivity index (χ1v) is 10.3. The summed E-state index contributed by atoms with van der Waals surface area (Å²) in [4.78, 5) is 8.18. The number of sulfonamides is 1. The number of rotatable bonds is 7. The van der Waals surface area contributed by atoms with E-state index >= 15 is 0 Å². The molecule has 1 N–H and O–H groups in total. The third kappa shape index (κ3) is 4.80. The van der Waals surface area contributed by atoms with Gasteiger partial charge in [0.1, 0.15) is 5.75 Å². The molecule has 0 unspecified atom stereocenters. The van der Waals surface area contributed by atoms with Crippen molar-refractivity contribution in [2.75, 3.05) is 11.3 Å². The molecule has 2 aromatic carbocycles. The lowest BCUT2D eigenvalue weighted by atomic mass is 10.3. The molecule has 0 amide bonds. The molecule has 7 nitrogen and oxygen atoms in total. The van der Waals surface area contributed by atoms with E-state index in [1.54, 1.807) is 32.9 Å². The maximum atomic E-state index is 14.1. The number of nitrogens with one attached hydrogen (secondary N) is 1. The van der Waals surface area contributed by atoms with Crippen LogP contribution in [0.25, 0.3) is 0 Å². The lowest BCUT2D eigenvalue weighted by molar-refractivity contribution is 0.321. The van der Waals surface area contributed by atoms with E-state index in [1.165, 1.54) is 12.1 Å². The average molecular weight is 417 g/mol. The number of benzene rings is 2. The quantitative estimate of drug-likeness (QED) is 0.619.